The van der Waals surface area contributed by atoms with E-state index in [2.05, 4.69) is 53.2 Å². The number of ether oxygens (including phenoxy) is 2. The molecule has 0 saturated heterocycles. The second kappa shape index (κ2) is 11.9. The normalized spacial score (nSPS) is 14.7. The third kappa shape index (κ3) is 5.72. The Hall–Kier alpha value is -4.49. The van der Waals surface area contributed by atoms with Crippen molar-refractivity contribution in [3.05, 3.63) is 126 Å². The highest BCUT2D eigenvalue weighted by molar-refractivity contribution is 8.00. The standard InChI is InChI=1S/C34H31N3O3S/c1-39-27-16-12-25(13-17-27)30-20-32(26-14-18-28(40-2)19-15-26)37(35-30)34(38)23-41-33-22-36(21-24-8-4-3-5-9-24)31-11-7-6-10-29(31)33/h3-19,22,32H,20-21,23H2,1-2H3/t32-/m0/s1. The zero-order chi connectivity index (χ0) is 28.2. The molecule has 1 aliphatic rings. The summed E-state index contributed by atoms with van der Waals surface area (Å²) in [7, 11) is 3.30. The number of para-hydroxylation sites is 1. The van der Waals surface area contributed by atoms with Crippen LogP contribution in [0.15, 0.2) is 119 Å². The SMILES string of the molecule is COc1ccc(C2=NN(C(=O)CSc3cn(Cc4ccccc4)c4ccccc34)[C@H](c3ccc(OC)cc3)C2)cc1. The van der Waals surface area contributed by atoms with Gasteiger partial charge in [-0.3, -0.25) is 4.79 Å². The average molecular weight is 562 g/mol. The highest BCUT2D eigenvalue weighted by atomic mass is 32.2. The molecule has 41 heavy (non-hydrogen) atoms. The number of aromatic nitrogens is 1. The quantitative estimate of drug-likeness (QED) is 0.179. The zero-order valence-electron chi connectivity index (χ0n) is 23.1. The monoisotopic (exact) mass is 561 g/mol. The van der Waals surface area contributed by atoms with Gasteiger partial charge in [-0.1, -0.05) is 60.7 Å². The van der Waals surface area contributed by atoms with Gasteiger partial charge in [0.1, 0.15) is 11.5 Å². The molecule has 0 bridgehead atoms. The summed E-state index contributed by atoms with van der Waals surface area (Å²) in [6.45, 7) is 0.775. The van der Waals surface area contributed by atoms with Crippen LogP contribution in [-0.4, -0.2) is 41.2 Å². The van der Waals surface area contributed by atoms with E-state index in [0.29, 0.717) is 6.42 Å². The van der Waals surface area contributed by atoms with E-state index in [1.807, 2.05) is 60.7 Å². The second-order valence-electron chi connectivity index (χ2n) is 9.92. The van der Waals surface area contributed by atoms with Crippen LogP contribution in [0.4, 0.5) is 0 Å². The Morgan fingerprint density at radius 1 is 0.854 bits per heavy atom. The molecule has 0 spiro atoms. The number of benzene rings is 4. The van der Waals surface area contributed by atoms with Gasteiger partial charge in [0, 0.05) is 35.0 Å². The van der Waals surface area contributed by atoms with Gasteiger partial charge in [-0.15, -0.1) is 11.8 Å². The number of hydrazone groups is 1. The minimum atomic E-state index is -0.189. The van der Waals surface area contributed by atoms with E-state index in [-0.39, 0.29) is 17.7 Å². The number of hydrogen-bond acceptors (Lipinski definition) is 5. The summed E-state index contributed by atoms with van der Waals surface area (Å²) < 4.78 is 12.9. The molecule has 2 heterocycles. The third-order valence-electron chi connectivity index (χ3n) is 7.39. The van der Waals surface area contributed by atoms with E-state index in [9.17, 15) is 4.79 Å². The first-order valence-electron chi connectivity index (χ1n) is 13.6. The van der Waals surface area contributed by atoms with Gasteiger partial charge in [-0.25, -0.2) is 5.01 Å². The summed E-state index contributed by atoms with van der Waals surface area (Å²) >= 11 is 1.56. The Balaban J connectivity index is 1.26. The van der Waals surface area contributed by atoms with Gasteiger partial charge in [0.05, 0.1) is 31.7 Å². The summed E-state index contributed by atoms with van der Waals surface area (Å²) in [4.78, 5) is 14.9. The van der Waals surface area contributed by atoms with E-state index in [1.165, 1.54) is 5.56 Å². The Morgan fingerprint density at radius 3 is 2.22 bits per heavy atom. The van der Waals surface area contributed by atoms with Crippen molar-refractivity contribution >= 4 is 34.3 Å². The lowest BCUT2D eigenvalue weighted by Gasteiger charge is -2.22. The number of rotatable bonds is 9. The van der Waals surface area contributed by atoms with Crippen LogP contribution in [0.2, 0.25) is 0 Å². The first-order chi connectivity index (χ1) is 20.1. The largest absolute Gasteiger partial charge is 0.497 e. The van der Waals surface area contributed by atoms with Crippen molar-refractivity contribution < 1.29 is 14.3 Å². The van der Waals surface area contributed by atoms with Crippen LogP contribution in [0, 0.1) is 0 Å². The summed E-state index contributed by atoms with van der Waals surface area (Å²) in [6, 6.07) is 34.3. The molecule has 206 valence electrons. The van der Waals surface area contributed by atoms with Crippen molar-refractivity contribution in [3.63, 3.8) is 0 Å². The van der Waals surface area contributed by atoms with Crippen LogP contribution >= 0.6 is 11.8 Å². The van der Waals surface area contributed by atoms with Gasteiger partial charge < -0.3 is 14.0 Å². The summed E-state index contributed by atoms with van der Waals surface area (Å²) in [5, 5.41) is 7.67. The van der Waals surface area contributed by atoms with Crippen molar-refractivity contribution in [2.24, 2.45) is 5.10 Å². The maximum Gasteiger partial charge on any atom is 0.253 e. The molecule has 1 aromatic heterocycles. The first kappa shape index (κ1) is 26.7. The number of carbonyl (C=O) groups excluding carboxylic acids is 1. The van der Waals surface area contributed by atoms with Gasteiger partial charge in [-0.05, 0) is 59.2 Å². The lowest BCUT2D eigenvalue weighted by Crippen LogP contribution is -2.28. The highest BCUT2D eigenvalue weighted by Crippen LogP contribution is 2.36. The minimum Gasteiger partial charge on any atom is -0.497 e. The van der Waals surface area contributed by atoms with Crippen LogP contribution in [0.1, 0.15) is 29.2 Å². The Kier molecular flexibility index (Phi) is 7.78. The van der Waals surface area contributed by atoms with Gasteiger partial charge in [0.2, 0.25) is 0 Å². The van der Waals surface area contributed by atoms with Crippen LogP contribution in [0.3, 0.4) is 0 Å². The van der Waals surface area contributed by atoms with E-state index in [0.717, 1.165) is 50.7 Å². The Morgan fingerprint density at radius 2 is 1.51 bits per heavy atom. The van der Waals surface area contributed by atoms with Crippen molar-refractivity contribution in [1.82, 2.24) is 9.58 Å². The Labute approximate surface area is 244 Å². The van der Waals surface area contributed by atoms with Gasteiger partial charge in [0.25, 0.3) is 5.91 Å². The van der Waals surface area contributed by atoms with E-state index in [1.54, 1.807) is 31.0 Å². The molecular weight excluding hydrogens is 530 g/mol. The molecule has 0 radical (unpaired) electrons. The van der Waals surface area contributed by atoms with E-state index in [4.69, 9.17) is 14.6 Å². The number of nitrogens with zero attached hydrogens (tertiary/aromatic N) is 3. The molecule has 6 rings (SSSR count). The minimum absolute atomic E-state index is 0.0285. The topological polar surface area (TPSA) is 56.1 Å². The molecule has 5 aromatic rings. The Bertz CT molecular complexity index is 1680. The van der Waals surface area contributed by atoms with Gasteiger partial charge >= 0.3 is 0 Å². The number of hydrogen-bond donors (Lipinski definition) is 0. The molecule has 1 amide bonds. The molecule has 4 aromatic carbocycles. The zero-order valence-corrected chi connectivity index (χ0v) is 23.9. The molecular formula is C34H31N3O3S. The van der Waals surface area contributed by atoms with Crippen molar-refractivity contribution in [2.45, 2.75) is 23.9 Å². The van der Waals surface area contributed by atoms with Crippen LogP contribution in [0.25, 0.3) is 10.9 Å². The fourth-order valence-electron chi connectivity index (χ4n) is 5.23. The fraction of sp³-hybridized carbons (Fsp3) is 0.176. The smallest absolute Gasteiger partial charge is 0.253 e. The average Bonchev–Trinajstić information content (AvgIpc) is 3.63. The van der Waals surface area contributed by atoms with E-state index < -0.39 is 0 Å². The summed E-state index contributed by atoms with van der Waals surface area (Å²) in [5.41, 5.74) is 5.28. The number of thioether (sulfide) groups is 1. The number of methoxy groups -OCH3 is 2. The molecule has 0 aliphatic carbocycles. The predicted octanol–water partition coefficient (Wildman–Crippen LogP) is 7.18. The molecule has 0 saturated carbocycles. The number of amides is 1. The molecule has 0 fully saturated rings. The predicted molar refractivity (Wildman–Crippen MR) is 165 cm³/mol. The number of carbonyl (C=O) groups is 1. The maximum absolute atomic E-state index is 13.8. The van der Waals surface area contributed by atoms with Crippen molar-refractivity contribution in [2.75, 3.05) is 20.0 Å². The molecule has 1 aliphatic heterocycles. The van der Waals surface area contributed by atoms with Gasteiger partial charge in [-0.2, -0.15) is 5.10 Å². The van der Waals surface area contributed by atoms with Crippen LogP contribution in [-0.2, 0) is 11.3 Å². The lowest BCUT2D eigenvalue weighted by molar-refractivity contribution is -0.130. The first-order valence-corrected chi connectivity index (χ1v) is 14.5. The lowest BCUT2D eigenvalue weighted by atomic mass is 9.98. The molecule has 7 heteroatoms. The third-order valence-corrected chi connectivity index (χ3v) is 8.42. The fourth-order valence-corrected chi connectivity index (χ4v) is 6.17. The maximum atomic E-state index is 13.8. The van der Waals surface area contributed by atoms with Crippen LogP contribution in [0.5, 0.6) is 11.5 Å². The summed E-state index contributed by atoms with van der Waals surface area (Å²) in [5.74, 6) is 1.82. The highest BCUT2D eigenvalue weighted by Gasteiger charge is 2.33. The molecule has 0 N–H and O–H groups in total. The van der Waals surface area contributed by atoms with Gasteiger partial charge in [0.15, 0.2) is 0 Å². The van der Waals surface area contributed by atoms with E-state index >= 15 is 0 Å². The second-order valence-corrected chi connectivity index (χ2v) is 10.9. The van der Waals surface area contributed by atoms with Crippen LogP contribution < -0.4 is 9.47 Å². The van der Waals surface area contributed by atoms with Crippen molar-refractivity contribution in [1.29, 1.82) is 0 Å². The molecule has 6 nitrogen and oxygen atoms in total. The summed E-state index contributed by atoms with van der Waals surface area (Å²) in [6.07, 6.45) is 2.79. The molecule has 0 unspecified atom stereocenters. The number of fused-ring (bicyclic) bond motifs is 1. The molecule has 1 atom stereocenters. The van der Waals surface area contributed by atoms with Crippen molar-refractivity contribution in [3.8, 4) is 11.5 Å².